The second kappa shape index (κ2) is 6.50. The van der Waals surface area contributed by atoms with Gasteiger partial charge in [0.1, 0.15) is 5.75 Å². The minimum Gasteiger partial charge on any atom is -0.497 e. The molecule has 0 aliphatic carbocycles. The molecule has 0 aliphatic rings. The monoisotopic (exact) mass is 220 g/mol. The Hall–Kier alpha value is -1.97. The van der Waals surface area contributed by atoms with Crippen LogP contribution in [0.5, 0.6) is 5.75 Å². The van der Waals surface area contributed by atoms with Gasteiger partial charge < -0.3 is 15.4 Å². The maximum atomic E-state index is 11.0. The standard InChI is InChI=1S/C12H16N2O2/c1-3-13-12(15)14-9-8-10-4-6-11(16-2)7-5-10/h4-9H,3H2,1-2H3,(H2,13,14,15)/b9-8+. The zero-order valence-electron chi connectivity index (χ0n) is 9.49. The van der Waals surface area contributed by atoms with Gasteiger partial charge in [-0.25, -0.2) is 4.79 Å². The molecule has 1 aromatic carbocycles. The van der Waals surface area contributed by atoms with Crippen molar-refractivity contribution in [1.29, 1.82) is 0 Å². The van der Waals surface area contributed by atoms with Crippen LogP contribution in [-0.4, -0.2) is 19.7 Å². The van der Waals surface area contributed by atoms with Gasteiger partial charge in [0.15, 0.2) is 0 Å². The van der Waals surface area contributed by atoms with Gasteiger partial charge in [-0.2, -0.15) is 0 Å². The van der Waals surface area contributed by atoms with Crippen LogP contribution in [0, 0.1) is 0 Å². The molecule has 2 N–H and O–H groups in total. The number of hydrogen-bond donors (Lipinski definition) is 2. The summed E-state index contributed by atoms with van der Waals surface area (Å²) in [7, 11) is 1.63. The van der Waals surface area contributed by atoms with Crippen LogP contribution in [0.25, 0.3) is 6.08 Å². The molecule has 4 nitrogen and oxygen atoms in total. The highest BCUT2D eigenvalue weighted by Gasteiger charge is 1.92. The Morgan fingerprint density at radius 1 is 1.38 bits per heavy atom. The first-order valence-electron chi connectivity index (χ1n) is 5.11. The smallest absolute Gasteiger partial charge is 0.318 e. The van der Waals surface area contributed by atoms with E-state index in [0.29, 0.717) is 6.54 Å². The summed E-state index contributed by atoms with van der Waals surface area (Å²) in [4.78, 5) is 11.0. The largest absolute Gasteiger partial charge is 0.497 e. The summed E-state index contributed by atoms with van der Waals surface area (Å²) in [5.41, 5.74) is 0.998. The summed E-state index contributed by atoms with van der Waals surface area (Å²) < 4.78 is 5.04. The molecule has 0 atom stereocenters. The second-order valence-electron chi connectivity index (χ2n) is 3.11. The normalized spacial score (nSPS) is 10.1. The number of urea groups is 1. The first-order chi connectivity index (χ1) is 7.76. The van der Waals surface area contributed by atoms with Crippen LogP contribution in [0.1, 0.15) is 12.5 Å². The Morgan fingerprint density at radius 3 is 2.62 bits per heavy atom. The van der Waals surface area contributed by atoms with E-state index in [1.165, 1.54) is 0 Å². The van der Waals surface area contributed by atoms with E-state index in [4.69, 9.17) is 4.74 Å². The molecule has 4 heteroatoms. The van der Waals surface area contributed by atoms with Crippen molar-refractivity contribution in [1.82, 2.24) is 10.6 Å². The molecular formula is C12H16N2O2. The van der Waals surface area contributed by atoms with E-state index in [1.54, 1.807) is 13.3 Å². The molecule has 0 heterocycles. The number of rotatable bonds is 4. The molecular weight excluding hydrogens is 204 g/mol. The number of hydrogen-bond acceptors (Lipinski definition) is 2. The summed E-state index contributed by atoms with van der Waals surface area (Å²) in [5.74, 6) is 0.814. The summed E-state index contributed by atoms with van der Waals surface area (Å²) in [5, 5.41) is 5.23. The van der Waals surface area contributed by atoms with Crippen molar-refractivity contribution < 1.29 is 9.53 Å². The van der Waals surface area contributed by atoms with Crippen LogP contribution >= 0.6 is 0 Å². The minimum atomic E-state index is -0.202. The molecule has 0 unspecified atom stereocenters. The fraction of sp³-hybridized carbons (Fsp3) is 0.250. The lowest BCUT2D eigenvalue weighted by Crippen LogP contribution is -2.31. The number of amides is 2. The number of carbonyl (C=O) groups excluding carboxylic acids is 1. The number of nitrogens with one attached hydrogen (secondary N) is 2. The van der Waals surface area contributed by atoms with Crippen LogP contribution in [-0.2, 0) is 0 Å². The van der Waals surface area contributed by atoms with Gasteiger partial charge in [-0.05, 0) is 30.7 Å². The van der Waals surface area contributed by atoms with Gasteiger partial charge in [-0.3, -0.25) is 0 Å². The van der Waals surface area contributed by atoms with Crippen LogP contribution in [0.2, 0.25) is 0 Å². The molecule has 0 aromatic heterocycles. The van der Waals surface area contributed by atoms with Crippen LogP contribution in [0.15, 0.2) is 30.5 Å². The average Bonchev–Trinajstić information content (AvgIpc) is 2.30. The summed E-state index contributed by atoms with van der Waals surface area (Å²) in [6, 6.07) is 7.35. The van der Waals surface area contributed by atoms with E-state index in [-0.39, 0.29) is 6.03 Å². The average molecular weight is 220 g/mol. The summed E-state index contributed by atoms with van der Waals surface area (Å²) in [6.07, 6.45) is 3.42. The number of benzene rings is 1. The van der Waals surface area contributed by atoms with Gasteiger partial charge in [0.2, 0.25) is 0 Å². The Balaban J connectivity index is 2.46. The van der Waals surface area contributed by atoms with E-state index in [1.807, 2.05) is 37.3 Å². The van der Waals surface area contributed by atoms with E-state index in [0.717, 1.165) is 11.3 Å². The van der Waals surface area contributed by atoms with Gasteiger partial charge in [0.05, 0.1) is 7.11 Å². The fourth-order valence-electron chi connectivity index (χ4n) is 1.14. The quantitative estimate of drug-likeness (QED) is 0.815. The van der Waals surface area contributed by atoms with E-state index >= 15 is 0 Å². The minimum absolute atomic E-state index is 0.202. The lowest BCUT2D eigenvalue weighted by atomic mass is 10.2. The third-order valence-electron chi connectivity index (χ3n) is 1.94. The van der Waals surface area contributed by atoms with Crippen molar-refractivity contribution in [3.63, 3.8) is 0 Å². The Bertz CT molecular complexity index is 358. The third kappa shape index (κ3) is 4.04. The van der Waals surface area contributed by atoms with Crippen LogP contribution in [0.3, 0.4) is 0 Å². The third-order valence-corrected chi connectivity index (χ3v) is 1.94. The Labute approximate surface area is 95.3 Å². The highest BCUT2D eigenvalue weighted by molar-refractivity contribution is 5.75. The van der Waals surface area contributed by atoms with Gasteiger partial charge >= 0.3 is 6.03 Å². The summed E-state index contributed by atoms with van der Waals surface area (Å²) in [6.45, 7) is 2.48. The van der Waals surface area contributed by atoms with E-state index in [2.05, 4.69) is 10.6 Å². The zero-order chi connectivity index (χ0) is 11.8. The highest BCUT2D eigenvalue weighted by Crippen LogP contribution is 2.11. The number of methoxy groups -OCH3 is 1. The Kier molecular flexibility index (Phi) is 4.92. The maximum Gasteiger partial charge on any atom is 0.318 e. The van der Waals surface area contributed by atoms with E-state index < -0.39 is 0 Å². The molecule has 86 valence electrons. The van der Waals surface area contributed by atoms with Crippen molar-refractivity contribution in [3.8, 4) is 5.75 Å². The molecule has 0 fully saturated rings. The number of carbonyl (C=O) groups is 1. The predicted octanol–water partition coefficient (Wildman–Crippen LogP) is 1.99. The molecule has 1 aromatic rings. The lowest BCUT2D eigenvalue weighted by molar-refractivity contribution is 0.244. The van der Waals surface area contributed by atoms with Crippen molar-refractivity contribution >= 4 is 12.1 Å². The van der Waals surface area contributed by atoms with Crippen molar-refractivity contribution in [2.45, 2.75) is 6.92 Å². The molecule has 0 aliphatic heterocycles. The van der Waals surface area contributed by atoms with Gasteiger partial charge in [-0.1, -0.05) is 12.1 Å². The van der Waals surface area contributed by atoms with Gasteiger partial charge in [0.25, 0.3) is 0 Å². The highest BCUT2D eigenvalue weighted by atomic mass is 16.5. The molecule has 0 bridgehead atoms. The molecule has 2 amide bonds. The van der Waals surface area contributed by atoms with Crippen LogP contribution in [0.4, 0.5) is 4.79 Å². The number of ether oxygens (including phenoxy) is 1. The molecule has 0 spiro atoms. The van der Waals surface area contributed by atoms with E-state index in [9.17, 15) is 4.79 Å². The first-order valence-corrected chi connectivity index (χ1v) is 5.11. The molecule has 1 rings (SSSR count). The van der Waals surface area contributed by atoms with Gasteiger partial charge in [-0.15, -0.1) is 0 Å². The SMILES string of the molecule is CCNC(=O)N/C=C/c1ccc(OC)cc1. The Morgan fingerprint density at radius 2 is 2.06 bits per heavy atom. The van der Waals surface area contributed by atoms with Crippen molar-refractivity contribution in [3.05, 3.63) is 36.0 Å². The fourth-order valence-corrected chi connectivity index (χ4v) is 1.14. The molecule has 0 saturated carbocycles. The van der Waals surface area contributed by atoms with Crippen LogP contribution < -0.4 is 15.4 Å². The first kappa shape index (κ1) is 12.1. The second-order valence-corrected chi connectivity index (χ2v) is 3.11. The predicted molar refractivity (Wildman–Crippen MR) is 64.2 cm³/mol. The molecule has 16 heavy (non-hydrogen) atoms. The molecule has 0 radical (unpaired) electrons. The lowest BCUT2D eigenvalue weighted by Gasteiger charge is -2.01. The zero-order valence-corrected chi connectivity index (χ0v) is 9.49. The maximum absolute atomic E-state index is 11.0. The van der Waals surface area contributed by atoms with Crippen molar-refractivity contribution in [2.75, 3.05) is 13.7 Å². The summed E-state index contributed by atoms with van der Waals surface area (Å²) >= 11 is 0. The molecule has 0 saturated heterocycles. The van der Waals surface area contributed by atoms with Gasteiger partial charge in [0, 0.05) is 12.7 Å². The van der Waals surface area contributed by atoms with Crippen molar-refractivity contribution in [2.24, 2.45) is 0 Å². The topological polar surface area (TPSA) is 50.4 Å².